The molecule has 0 fully saturated rings. The third-order valence-corrected chi connectivity index (χ3v) is 4.58. The van der Waals surface area contributed by atoms with E-state index in [-0.39, 0.29) is 5.56 Å². The fourth-order valence-electron chi connectivity index (χ4n) is 3.51. The maximum absolute atomic E-state index is 12.6. The van der Waals surface area contributed by atoms with Crippen molar-refractivity contribution in [3.05, 3.63) is 76.0 Å². The van der Waals surface area contributed by atoms with Crippen molar-refractivity contribution in [3.63, 3.8) is 0 Å². The number of nitrogens with one attached hydrogen (secondary N) is 1. The molecule has 1 aliphatic heterocycles. The van der Waals surface area contributed by atoms with Crippen LogP contribution in [0.4, 0.5) is 0 Å². The van der Waals surface area contributed by atoms with Crippen molar-refractivity contribution in [2.45, 2.75) is 13.1 Å². The normalized spacial score (nSPS) is 14.0. The Morgan fingerprint density at radius 1 is 1.25 bits per heavy atom. The van der Waals surface area contributed by atoms with E-state index in [1.807, 2.05) is 41.0 Å². The summed E-state index contributed by atoms with van der Waals surface area (Å²) in [6.45, 7) is 1.18. The molecular weight excluding hydrogens is 304 g/mol. The number of fused-ring (bicyclic) bond motifs is 5. The highest BCUT2D eigenvalue weighted by Gasteiger charge is 2.30. The van der Waals surface area contributed by atoms with Crippen LogP contribution in [-0.2, 0) is 13.1 Å². The predicted octanol–water partition coefficient (Wildman–Crippen LogP) is 1.81. The molecular formula is C18H15N4O2+. The zero-order valence-electron chi connectivity index (χ0n) is 12.8. The van der Waals surface area contributed by atoms with Crippen LogP contribution in [0.5, 0.6) is 0 Å². The van der Waals surface area contributed by atoms with Crippen LogP contribution in [0.25, 0.3) is 16.7 Å². The fourth-order valence-corrected chi connectivity index (χ4v) is 3.51. The minimum absolute atomic E-state index is 0.0474. The summed E-state index contributed by atoms with van der Waals surface area (Å²) in [6.07, 6.45) is 1.65. The molecule has 4 heterocycles. The second kappa shape index (κ2) is 4.61. The molecule has 0 bridgehead atoms. The average Bonchev–Trinajstić information content (AvgIpc) is 3.26. The molecule has 118 valence electrons. The number of para-hydroxylation sites is 2. The van der Waals surface area contributed by atoms with Crippen LogP contribution in [0.3, 0.4) is 0 Å². The van der Waals surface area contributed by atoms with E-state index in [1.54, 1.807) is 16.7 Å². The van der Waals surface area contributed by atoms with Gasteiger partial charge < -0.3 is 9.40 Å². The van der Waals surface area contributed by atoms with Gasteiger partial charge in [-0.2, -0.15) is 0 Å². The van der Waals surface area contributed by atoms with Gasteiger partial charge in [-0.1, -0.05) is 12.1 Å². The van der Waals surface area contributed by atoms with Crippen LogP contribution >= 0.6 is 0 Å². The molecule has 4 aromatic rings. The second-order valence-electron chi connectivity index (χ2n) is 6.03. The summed E-state index contributed by atoms with van der Waals surface area (Å²) in [5, 5.41) is 0. The van der Waals surface area contributed by atoms with Crippen molar-refractivity contribution in [1.29, 1.82) is 0 Å². The lowest BCUT2D eigenvalue weighted by atomic mass is 10.1. The summed E-state index contributed by atoms with van der Waals surface area (Å²) in [5.74, 6) is 1.50. The highest BCUT2D eigenvalue weighted by Crippen LogP contribution is 2.24. The summed E-state index contributed by atoms with van der Waals surface area (Å²) in [5.41, 5.74) is 10.7. The quantitative estimate of drug-likeness (QED) is 0.553. The summed E-state index contributed by atoms with van der Waals surface area (Å²) in [7, 11) is 0. The Labute approximate surface area is 136 Å². The Morgan fingerprint density at radius 3 is 2.96 bits per heavy atom. The number of nitrogens with zero attached hydrogens (tertiary/aromatic N) is 2. The van der Waals surface area contributed by atoms with Gasteiger partial charge in [0.2, 0.25) is 0 Å². The Morgan fingerprint density at radius 2 is 2.12 bits per heavy atom. The van der Waals surface area contributed by atoms with Crippen LogP contribution in [-0.4, -0.2) is 19.8 Å². The van der Waals surface area contributed by atoms with Crippen molar-refractivity contribution in [3.8, 4) is 0 Å². The molecule has 0 saturated heterocycles. The van der Waals surface area contributed by atoms with Gasteiger partial charge in [0.25, 0.3) is 11.4 Å². The number of hydrogen-bond donors (Lipinski definition) is 2. The Hall–Kier alpha value is -3.28. The SMILES string of the molecule is NC1=[N+](Cc2ccco2)Cc2cc(=O)n3c([nH]c4ccccc43)c21. The van der Waals surface area contributed by atoms with Gasteiger partial charge >= 0.3 is 0 Å². The first-order valence-corrected chi connectivity index (χ1v) is 7.78. The third-order valence-electron chi connectivity index (χ3n) is 4.58. The molecule has 0 atom stereocenters. The molecule has 3 N–H and O–H groups in total. The minimum atomic E-state index is -0.0474. The smallest absolute Gasteiger partial charge is 0.279 e. The lowest BCUT2D eigenvalue weighted by Gasteiger charge is -1.99. The molecule has 0 saturated carbocycles. The predicted molar refractivity (Wildman–Crippen MR) is 90.2 cm³/mol. The van der Waals surface area contributed by atoms with E-state index in [4.69, 9.17) is 10.2 Å². The van der Waals surface area contributed by atoms with Crippen molar-refractivity contribution >= 4 is 22.5 Å². The van der Waals surface area contributed by atoms with Crippen LogP contribution < -0.4 is 11.3 Å². The first kappa shape index (κ1) is 13.2. The van der Waals surface area contributed by atoms with Crippen molar-refractivity contribution in [1.82, 2.24) is 9.38 Å². The van der Waals surface area contributed by atoms with E-state index in [1.165, 1.54) is 0 Å². The van der Waals surface area contributed by atoms with Gasteiger partial charge in [0.15, 0.2) is 0 Å². The number of amidine groups is 1. The van der Waals surface area contributed by atoms with E-state index in [0.717, 1.165) is 33.6 Å². The number of imidazole rings is 1. The Balaban J connectivity index is 1.77. The number of benzene rings is 1. The number of aromatic amines is 1. The van der Waals surface area contributed by atoms with E-state index < -0.39 is 0 Å². The molecule has 0 amide bonds. The van der Waals surface area contributed by atoms with Gasteiger partial charge in [0, 0.05) is 11.6 Å². The first-order valence-electron chi connectivity index (χ1n) is 7.78. The highest BCUT2D eigenvalue weighted by atomic mass is 16.3. The highest BCUT2D eigenvalue weighted by molar-refractivity contribution is 6.03. The molecule has 0 radical (unpaired) electrons. The van der Waals surface area contributed by atoms with Crippen LogP contribution in [0.2, 0.25) is 0 Å². The first-order chi connectivity index (χ1) is 11.7. The Kier molecular flexibility index (Phi) is 2.53. The Bertz CT molecular complexity index is 1180. The summed E-state index contributed by atoms with van der Waals surface area (Å²) in [4.78, 5) is 15.9. The molecule has 1 aliphatic rings. The van der Waals surface area contributed by atoms with E-state index in [0.29, 0.717) is 18.9 Å². The van der Waals surface area contributed by atoms with Crippen molar-refractivity contribution in [2.75, 3.05) is 0 Å². The number of furan rings is 1. The van der Waals surface area contributed by atoms with Gasteiger partial charge in [-0.25, -0.2) is 4.58 Å². The molecule has 0 unspecified atom stereocenters. The van der Waals surface area contributed by atoms with Gasteiger partial charge in [0.1, 0.15) is 30.1 Å². The third kappa shape index (κ3) is 1.70. The lowest BCUT2D eigenvalue weighted by Crippen LogP contribution is -2.24. The second-order valence-corrected chi connectivity index (χ2v) is 6.03. The van der Waals surface area contributed by atoms with Crippen LogP contribution in [0.1, 0.15) is 16.9 Å². The maximum Gasteiger partial charge on any atom is 0.279 e. The zero-order valence-corrected chi connectivity index (χ0v) is 12.8. The van der Waals surface area contributed by atoms with Gasteiger partial charge in [-0.05, 0) is 24.3 Å². The van der Waals surface area contributed by atoms with E-state index in [9.17, 15) is 4.79 Å². The molecule has 0 spiro atoms. The van der Waals surface area contributed by atoms with Gasteiger partial charge in [-0.15, -0.1) is 0 Å². The number of rotatable bonds is 2. The van der Waals surface area contributed by atoms with Crippen molar-refractivity contribution < 1.29 is 8.99 Å². The zero-order chi connectivity index (χ0) is 16.3. The summed E-state index contributed by atoms with van der Waals surface area (Å²) in [6, 6.07) is 13.2. The van der Waals surface area contributed by atoms with E-state index in [2.05, 4.69) is 4.98 Å². The van der Waals surface area contributed by atoms with E-state index >= 15 is 0 Å². The largest absolute Gasteiger partial charge is 0.465 e. The van der Waals surface area contributed by atoms with Crippen molar-refractivity contribution in [2.24, 2.45) is 5.73 Å². The minimum Gasteiger partial charge on any atom is -0.465 e. The monoisotopic (exact) mass is 319 g/mol. The summed E-state index contributed by atoms with van der Waals surface area (Å²) >= 11 is 0. The van der Waals surface area contributed by atoms with Gasteiger partial charge in [0.05, 0.1) is 17.3 Å². The topological polar surface area (TPSA) is 79.4 Å². The number of hydrogen-bond acceptors (Lipinski definition) is 3. The average molecular weight is 319 g/mol. The lowest BCUT2D eigenvalue weighted by molar-refractivity contribution is -0.558. The molecule has 1 aromatic carbocycles. The number of pyridine rings is 1. The molecule has 3 aromatic heterocycles. The van der Waals surface area contributed by atoms with Crippen LogP contribution in [0, 0.1) is 0 Å². The standard InChI is InChI=1S/C18H14N4O2/c19-17-16-11(9-21(17)10-12-4-3-7-24-12)8-15(23)22-14-6-2-1-5-13(14)20-18(16)22/h1-8H,9-10H2,(H2,19,20,23)/p+1. The number of aromatic nitrogens is 2. The number of nitrogens with two attached hydrogens (primary N) is 1. The molecule has 6 heteroatoms. The van der Waals surface area contributed by atoms with Crippen LogP contribution in [0.15, 0.2) is 57.9 Å². The number of H-pyrrole nitrogens is 1. The summed E-state index contributed by atoms with van der Waals surface area (Å²) < 4.78 is 9.13. The van der Waals surface area contributed by atoms with Gasteiger partial charge in [-0.3, -0.25) is 14.9 Å². The maximum atomic E-state index is 12.6. The molecule has 0 aliphatic carbocycles. The molecule has 6 nitrogen and oxygen atoms in total. The molecule has 24 heavy (non-hydrogen) atoms. The fraction of sp³-hybridized carbons (Fsp3) is 0.111. The molecule has 5 rings (SSSR count).